The summed E-state index contributed by atoms with van der Waals surface area (Å²) in [5.41, 5.74) is 10.5. The highest BCUT2D eigenvalue weighted by atomic mass is 79.9. The van der Waals surface area contributed by atoms with Crippen LogP contribution in [0.15, 0.2) is 114 Å². The molecule has 0 radical (unpaired) electrons. The van der Waals surface area contributed by atoms with Crippen LogP contribution >= 0.6 is 7.26 Å². The number of halogens is 1. The zero-order chi connectivity index (χ0) is 36.6. The number of allylic oxidation sites excluding steroid dienone is 2. The van der Waals surface area contributed by atoms with E-state index >= 15 is 0 Å². The maximum atomic E-state index is 13.7. The lowest BCUT2D eigenvalue weighted by Crippen LogP contribution is -3.00. The average molecular weight is 802 g/mol. The molecule has 2 saturated heterocycles. The van der Waals surface area contributed by atoms with E-state index in [2.05, 4.69) is 91.0 Å². The Kier molecular flexibility index (Phi) is 11.3. The molecule has 3 aromatic carbocycles. The number of hydrogen-bond donors (Lipinski definition) is 2. The quantitative estimate of drug-likeness (QED) is 0.106. The van der Waals surface area contributed by atoms with Crippen molar-refractivity contribution in [1.82, 2.24) is 9.80 Å². The SMILES string of the molecule is CO[C@@]12[C@H](COC(N)=O)C3=C(C(=O)C(C)=C(N)C3=O)N1C[C@H]1[C@@H]2N1C(=O)CCCCCCC[P+](c1ccccc1)(c1ccccc1)c1ccccc1.[Br-]. The number of hydrogen-bond acceptors (Lipinski definition) is 8. The van der Waals surface area contributed by atoms with Gasteiger partial charge in [0.15, 0.2) is 5.72 Å². The molecule has 0 bridgehead atoms. The summed E-state index contributed by atoms with van der Waals surface area (Å²) in [7, 11) is -0.371. The third kappa shape index (κ3) is 6.40. The summed E-state index contributed by atoms with van der Waals surface area (Å²) in [6.07, 6.45) is 5.31. The summed E-state index contributed by atoms with van der Waals surface area (Å²) in [4.78, 5) is 55.8. The fourth-order valence-corrected chi connectivity index (χ4v) is 13.4. The molecule has 4 atom stereocenters. The van der Waals surface area contributed by atoms with E-state index in [0.29, 0.717) is 13.0 Å². The number of fused-ring (bicyclic) bond motifs is 4. The van der Waals surface area contributed by atoms with Crippen LogP contribution in [0.3, 0.4) is 0 Å². The van der Waals surface area contributed by atoms with Crippen molar-refractivity contribution in [2.24, 2.45) is 17.4 Å². The van der Waals surface area contributed by atoms with Gasteiger partial charge in [0, 0.05) is 31.2 Å². The molecule has 0 spiro atoms. The molecule has 3 aliphatic heterocycles. The summed E-state index contributed by atoms with van der Waals surface area (Å²) in [5, 5.41) is 4.17. The van der Waals surface area contributed by atoms with Gasteiger partial charge in [0.1, 0.15) is 35.8 Å². The van der Waals surface area contributed by atoms with E-state index in [1.165, 1.54) is 29.9 Å². The number of benzene rings is 3. The molecular formula is C41H46BrN4O6P. The van der Waals surface area contributed by atoms with Crippen LogP contribution in [0.1, 0.15) is 45.4 Å². The van der Waals surface area contributed by atoms with E-state index in [9.17, 15) is 19.2 Å². The first-order valence-corrected chi connectivity index (χ1v) is 20.1. The van der Waals surface area contributed by atoms with Crippen molar-refractivity contribution in [3.63, 3.8) is 0 Å². The topological polar surface area (TPSA) is 145 Å². The molecule has 4 N–H and O–H groups in total. The van der Waals surface area contributed by atoms with Gasteiger partial charge in [0.05, 0.1) is 29.5 Å². The number of carbonyl (C=O) groups is 4. The number of primary amides is 1. The second-order valence-corrected chi connectivity index (χ2v) is 17.7. The largest absolute Gasteiger partial charge is 1.00 e. The van der Waals surface area contributed by atoms with Gasteiger partial charge in [0.2, 0.25) is 17.5 Å². The molecule has 7 rings (SSSR count). The zero-order valence-corrected chi connectivity index (χ0v) is 32.6. The maximum absolute atomic E-state index is 13.7. The first-order chi connectivity index (χ1) is 25.2. The average Bonchev–Trinajstić information content (AvgIpc) is 3.68. The van der Waals surface area contributed by atoms with E-state index in [1.807, 2.05) is 4.90 Å². The number of amides is 2. The van der Waals surface area contributed by atoms with Crippen LogP contribution in [-0.4, -0.2) is 77.6 Å². The lowest BCUT2D eigenvalue weighted by atomic mass is 9.82. The standard InChI is InChI=1S/C41H45N4O6P.BrH/c1-27-35(42)38(48)34-31(26-51-40(43)49)41(50-2)39-32(25-44(41)36(34)37(27)47)45(39)33(46)23-15-4-3-5-16-24-52(28-17-9-6-10-18-28,29-19-11-7-12-20-29)30-21-13-8-14-22-30;/h6-14,17-22,31-32,39H,3-5,15-16,23-26H2,1-2H3,(H3-,42,43,47,49);1H/t31-,32+,39+,41-,45?;/m1./s1. The number of ether oxygens (including phenoxy) is 2. The molecule has 3 aromatic rings. The Bertz CT molecular complexity index is 1840. The van der Waals surface area contributed by atoms with Crippen molar-refractivity contribution in [3.8, 4) is 0 Å². The molecule has 53 heavy (non-hydrogen) atoms. The van der Waals surface area contributed by atoms with Gasteiger partial charge in [-0.1, -0.05) is 67.4 Å². The fraction of sp³-hybridized carbons (Fsp3) is 0.366. The van der Waals surface area contributed by atoms with E-state index in [0.717, 1.165) is 38.3 Å². The van der Waals surface area contributed by atoms with Crippen molar-refractivity contribution in [2.45, 2.75) is 63.3 Å². The highest BCUT2D eigenvalue weighted by Crippen LogP contribution is 2.60. The van der Waals surface area contributed by atoms with Crippen molar-refractivity contribution in [3.05, 3.63) is 114 Å². The number of Topliss-reactive ketones (excluding diaryl/α,β-unsaturated/α-hetero) is 2. The molecule has 1 aliphatic carbocycles. The minimum atomic E-state index is -1.87. The van der Waals surface area contributed by atoms with E-state index < -0.39 is 36.8 Å². The summed E-state index contributed by atoms with van der Waals surface area (Å²) >= 11 is 0. The predicted octanol–water partition coefficient (Wildman–Crippen LogP) is 0.927. The van der Waals surface area contributed by atoms with Crippen LogP contribution in [0.5, 0.6) is 0 Å². The number of carbonyl (C=O) groups excluding carboxylic acids is 4. The molecule has 0 aromatic heterocycles. The summed E-state index contributed by atoms with van der Waals surface area (Å²) in [5.74, 6) is -1.67. The molecule has 0 unspecified atom stereocenters. The van der Waals surface area contributed by atoms with Gasteiger partial charge in [-0.15, -0.1) is 0 Å². The zero-order valence-electron chi connectivity index (χ0n) is 30.1. The Hall–Kier alpha value is -4.31. The number of nitrogens with two attached hydrogens (primary N) is 2. The van der Waals surface area contributed by atoms with Crippen molar-refractivity contribution in [1.29, 1.82) is 0 Å². The third-order valence-corrected chi connectivity index (χ3v) is 16.0. The number of unbranched alkanes of at least 4 members (excludes halogenated alkanes) is 4. The third-order valence-electron chi connectivity index (χ3n) is 11.5. The number of methoxy groups -OCH3 is 1. The lowest BCUT2D eigenvalue weighted by Gasteiger charge is -2.41. The second kappa shape index (κ2) is 15.6. The minimum absolute atomic E-state index is 0. The van der Waals surface area contributed by atoms with Crippen molar-refractivity contribution in [2.75, 3.05) is 26.4 Å². The Labute approximate surface area is 321 Å². The van der Waals surface area contributed by atoms with Crippen LogP contribution in [-0.2, 0) is 23.9 Å². The normalized spacial score (nSPS) is 23.0. The number of nitrogens with zero attached hydrogens (tertiary/aromatic N) is 2. The maximum Gasteiger partial charge on any atom is 0.404 e. The number of ketones is 2. The first kappa shape index (κ1) is 38.4. The molecule has 0 saturated carbocycles. The van der Waals surface area contributed by atoms with Gasteiger partial charge in [-0.2, -0.15) is 0 Å². The number of rotatable bonds is 14. The predicted molar refractivity (Wildman–Crippen MR) is 202 cm³/mol. The van der Waals surface area contributed by atoms with Crippen LogP contribution in [0.4, 0.5) is 4.79 Å². The molecule has 278 valence electrons. The van der Waals surface area contributed by atoms with E-state index in [4.69, 9.17) is 20.9 Å². The highest BCUT2D eigenvalue weighted by molar-refractivity contribution is 7.95. The summed E-state index contributed by atoms with van der Waals surface area (Å²) in [6, 6.07) is 32.2. The summed E-state index contributed by atoms with van der Waals surface area (Å²) in [6.45, 7) is 1.58. The number of piperazine rings is 1. The fourth-order valence-electron chi connectivity index (χ4n) is 8.98. The van der Waals surface area contributed by atoms with Gasteiger partial charge in [-0.05, 0) is 62.6 Å². The van der Waals surface area contributed by atoms with Crippen molar-refractivity contribution >= 4 is 46.7 Å². The Balaban J connectivity index is 0.00000481. The second-order valence-electron chi connectivity index (χ2n) is 14.1. The molecule has 3 heterocycles. The molecule has 2 amide bonds. The van der Waals surface area contributed by atoms with Crippen LogP contribution in [0.25, 0.3) is 0 Å². The monoisotopic (exact) mass is 800 g/mol. The van der Waals surface area contributed by atoms with Gasteiger partial charge < -0.3 is 47.7 Å². The smallest absolute Gasteiger partial charge is 0.404 e. The Morgan fingerprint density at radius 1 is 0.830 bits per heavy atom. The van der Waals surface area contributed by atoms with Crippen LogP contribution in [0.2, 0.25) is 0 Å². The van der Waals surface area contributed by atoms with E-state index in [1.54, 1.807) is 4.90 Å². The van der Waals surface area contributed by atoms with Crippen LogP contribution in [0, 0.1) is 5.92 Å². The van der Waals surface area contributed by atoms with Crippen molar-refractivity contribution < 1.29 is 45.6 Å². The Morgan fingerprint density at radius 3 is 1.89 bits per heavy atom. The highest BCUT2D eigenvalue weighted by Gasteiger charge is 2.77. The lowest BCUT2D eigenvalue weighted by molar-refractivity contribution is -0.153. The molecule has 12 heteroatoms. The molecule has 2 fully saturated rings. The van der Waals surface area contributed by atoms with Gasteiger partial charge in [-0.3, -0.25) is 14.4 Å². The van der Waals surface area contributed by atoms with E-state index in [-0.39, 0.29) is 63.9 Å². The Morgan fingerprint density at radius 2 is 1.36 bits per heavy atom. The molecule has 4 aliphatic rings. The van der Waals surface area contributed by atoms with Crippen LogP contribution < -0.4 is 44.4 Å². The summed E-state index contributed by atoms with van der Waals surface area (Å²) < 4.78 is 11.4. The first-order valence-electron chi connectivity index (χ1n) is 18.1. The molecular weight excluding hydrogens is 755 g/mol. The van der Waals surface area contributed by atoms with Gasteiger partial charge in [-0.25, -0.2) is 4.79 Å². The molecule has 10 nitrogen and oxygen atoms in total. The van der Waals surface area contributed by atoms with Gasteiger partial charge in [0.25, 0.3) is 0 Å². The minimum Gasteiger partial charge on any atom is -1.00 e. The van der Waals surface area contributed by atoms with Gasteiger partial charge >= 0.3 is 6.09 Å².